The molecular formula is C23H32N6OS. The summed E-state index contributed by atoms with van der Waals surface area (Å²) in [5.41, 5.74) is 4.00. The number of rotatable bonds is 7. The van der Waals surface area contributed by atoms with E-state index in [1.54, 1.807) is 11.3 Å². The molecule has 0 radical (unpaired) electrons. The molecule has 1 fully saturated rings. The van der Waals surface area contributed by atoms with Crippen LogP contribution in [-0.2, 0) is 4.79 Å². The fourth-order valence-electron chi connectivity index (χ4n) is 4.00. The maximum absolute atomic E-state index is 12.5. The van der Waals surface area contributed by atoms with Crippen LogP contribution in [0, 0.1) is 13.8 Å². The molecule has 0 unspecified atom stereocenters. The van der Waals surface area contributed by atoms with E-state index in [4.69, 9.17) is 4.98 Å². The summed E-state index contributed by atoms with van der Waals surface area (Å²) in [6.07, 6.45) is 5.20. The van der Waals surface area contributed by atoms with E-state index in [1.807, 2.05) is 23.6 Å². The highest BCUT2D eigenvalue weighted by molar-refractivity contribution is 7.22. The SMILES string of the molecule is Cc1ccc(-n2nc(C)c3sc(N(C)CC(=O)NCCN4CCCCCC4)nc32)cc1. The zero-order valence-corrected chi connectivity index (χ0v) is 19.5. The number of likely N-dealkylation sites (N-methyl/N-ethyl adjacent to an activating group) is 1. The van der Waals surface area contributed by atoms with Gasteiger partial charge >= 0.3 is 0 Å². The zero-order valence-electron chi connectivity index (χ0n) is 18.7. The zero-order chi connectivity index (χ0) is 21.8. The summed E-state index contributed by atoms with van der Waals surface area (Å²) >= 11 is 1.58. The summed E-state index contributed by atoms with van der Waals surface area (Å²) in [4.78, 5) is 21.7. The Hall–Kier alpha value is -2.45. The number of aryl methyl sites for hydroxylation is 2. The van der Waals surface area contributed by atoms with Gasteiger partial charge in [-0.1, -0.05) is 41.9 Å². The first-order valence-electron chi connectivity index (χ1n) is 11.1. The topological polar surface area (TPSA) is 66.3 Å². The van der Waals surface area contributed by atoms with E-state index >= 15 is 0 Å². The predicted molar refractivity (Wildman–Crippen MR) is 127 cm³/mol. The number of hydrogen-bond acceptors (Lipinski definition) is 6. The van der Waals surface area contributed by atoms with Gasteiger partial charge in [-0.25, -0.2) is 4.68 Å². The second kappa shape index (κ2) is 9.78. The van der Waals surface area contributed by atoms with Gasteiger partial charge in [-0.2, -0.15) is 10.1 Å². The molecule has 4 rings (SSSR count). The molecular weight excluding hydrogens is 408 g/mol. The van der Waals surface area contributed by atoms with Crippen molar-refractivity contribution < 1.29 is 4.79 Å². The van der Waals surface area contributed by atoms with Crippen molar-refractivity contribution in [2.45, 2.75) is 39.5 Å². The molecule has 8 heteroatoms. The molecule has 2 aromatic heterocycles. The fraction of sp³-hybridized carbons (Fsp3) is 0.522. The van der Waals surface area contributed by atoms with Crippen molar-refractivity contribution in [3.8, 4) is 5.69 Å². The number of fused-ring (bicyclic) bond motifs is 1. The number of thiazole rings is 1. The van der Waals surface area contributed by atoms with E-state index < -0.39 is 0 Å². The van der Waals surface area contributed by atoms with Crippen molar-refractivity contribution in [2.75, 3.05) is 44.7 Å². The number of anilines is 1. The van der Waals surface area contributed by atoms with Crippen LogP contribution in [0.2, 0.25) is 0 Å². The highest BCUT2D eigenvalue weighted by atomic mass is 32.1. The Morgan fingerprint density at radius 3 is 2.55 bits per heavy atom. The summed E-state index contributed by atoms with van der Waals surface area (Å²) in [6.45, 7) is 8.31. The summed E-state index contributed by atoms with van der Waals surface area (Å²) in [6, 6.07) is 8.27. The molecule has 0 saturated carbocycles. The van der Waals surface area contributed by atoms with E-state index in [0.717, 1.165) is 46.5 Å². The molecule has 1 aromatic carbocycles. The Bertz CT molecular complexity index is 1020. The Morgan fingerprint density at radius 2 is 1.84 bits per heavy atom. The van der Waals surface area contributed by atoms with Gasteiger partial charge in [0.2, 0.25) is 5.91 Å². The van der Waals surface area contributed by atoms with Crippen molar-refractivity contribution in [1.29, 1.82) is 0 Å². The van der Waals surface area contributed by atoms with E-state index in [-0.39, 0.29) is 5.91 Å². The highest BCUT2D eigenvalue weighted by Gasteiger charge is 2.18. The van der Waals surface area contributed by atoms with Gasteiger partial charge in [-0.05, 0) is 51.9 Å². The van der Waals surface area contributed by atoms with Crippen LogP contribution in [0.5, 0.6) is 0 Å². The van der Waals surface area contributed by atoms with Crippen molar-refractivity contribution in [2.24, 2.45) is 0 Å². The van der Waals surface area contributed by atoms with Gasteiger partial charge < -0.3 is 15.1 Å². The second-order valence-electron chi connectivity index (χ2n) is 8.44. The average Bonchev–Trinajstić information content (AvgIpc) is 3.20. The number of carbonyl (C=O) groups is 1. The van der Waals surface area contributed by atoms with Crippen LogP contribution in [0.25, 0.3) is 16.0 Å². The van der Waals surface area contributed by atoms with Crippen LogP contribution in [0.4, 0.5) is 5.13 Å². The number of hydrogen-bond donors (Lipinski definition) is 1. The maximum Gasteiger partial charge on any atom is 0.239 e. The quantitative estimate of drug-likeness (QED) is 0.609. The highest BCUT2D eigenvalue weighted by Crippen LogP contribution is 2.32. The molecule has 0 spiro atoms. The third kappa shape index (κ3) is 5.25. The van der Waals surface area contributed by atoms with Gasteiger partial charge in [-0.15, -0.1) is 0 Å². The van der Waals surface area contributed by atoms with E-state index in [0.29, 0.717) is 13.1 Å². The normalized spacial score (nSPS) is 15.2. The molecule has 0 atom stereocenters. The second-order valence-corrected chi connectivity index (χ2v) is 9.42. The largest absolute Gasteiger partial charge is 0.353 e. The Balaban J connectivity index is 1.37. The molecule has 31 heavy (non-hydrogen) atoms. The fourth-order valence-corrected chi connectivity index (χ4v) is 4.95. The standard InChI is InChI=1S/C23H32N6OS/c1-17-8-10-19(11-9-17)29-22-21(18(2)26-29)31-23(25-22)27(3)16-20(30)24-12-15-28-13-6-4-5-7-14-28/h8-11H,4-7,12-16H2,1-3H3,(H,24,30). The predicted octanol–water partition coefficient (Wildman–Crippen LogP) is 3.53. The average molecular weight is 441 g/mol. The molecule has 1 amide bonds. The Morgan fingerprint density at radius 1 is 1.13 bits per heavy atom. The summed E-state index contributed by atoms with van der Waals surface area (Å²) in [7, 11) is 1.92. The number of benzene rings is 1. The van der Waals surface area contributed by atoms with Gasteiger partial charge in [0.15, 0.2) is 10.8 Å². The number of nitrogens with zero attached hydrogens (tertiary/aromatic N) is 5. The van der Waals surface area contributed by atoms with Crippen LogP contribution in [0.15, 0.2) is 24.3 Å². The molecule has 1 aliphatic rings. The maximum atomic E-state index is 12.5. The molecule has 3 aromatic rings. The first-order chi connectivity index (χ1) is 15.0. The van der Waals surface area contributed by atoms with Gasteiger partial charge in [0, 0.05) is 20.1 Å². The molecule has 0 aliphatic carbocycles. The molecule has 1 saturated heterocycles. The minimum absolute atomic E-state index is 0.0356. The molecule has 0 bridgehead atoms. The Labute approximate surface area is 188 Å². The molecule has 7 nitrogen and oxygen atoms in total. The lowest BCUT2D eigenvalue weighted by atomic mass is 10.2. The van der Waals surface area contributed by atoms with E-state index in [2.05, 4.69) is 46.5 Å². The van der Waals surface area contributed by atoms with Crippen LogP contribution in [0.3, 0.4) is 0 Å². The van der Waals surface area contributed by atoms with Crippen molar-refractivity contribution in [3.05, 3.63) is 35.5 Å². The number of carbonyl (C=O) groups excluding carboxylic acids is 1. The third-order valence-electron chi connectivity index (χ3n) is 5.81. The first-order valence-corrected chi connectivity index (χ1v) is 12.0. The molecule has 1 N–H and O–H groups in total. The monoisotopic (exact) mass is 440 g/mol. The van der Waals surface area contributed by atoms with Gasteiger partial charge in [0.25, 0.3) is 0 Å². The van der Waals surface area contributed by atoms with Crippen molar-refractivity contribution in [3.63, 3.8) is 0 Å². The van der Waals surface area contributed by atoms with E-state index in [9.17, 15) is 4.79 Å². The van der Waals surface area contributed by atoms with Gasteiger partial charge in [0.05, 0.1) is 22.6 Å². The third-order valence-corrected chi connectivity index (χ3v) is 7.08. The number of nitrogens with one attached hydrogen (secondary N) is 1. The molecule has 3 heterocycles. The molecule has 1 aliphatic heterocycles. The summed E-state index contributed by atoms with van der Waals surface area (Å²) < 4.78 is 2.95. The lowest BCUT2D eigenvalue weighted by molar-refractivity contribution is -0.119. The number of aromatic nitrogens is 3. The van der Waals surface area contributed by atoms with Gasteiger partial charge in [0.1, 0.15) is 0 Å². The summed E-state index contributed by atoms with van der Waals surface area (Å²) in [5.74, 6) is 0.0356. The van der Waals surface area contributed by atoms with Crippen molar-refractivity contribution in [1.82, 2.24) is 25.0 Å². The molecule has 166 valence electrons. The Kier molecular flexibility index (Phi) is 6.87. The van der Waals surface area contributed by atoms with Crippen LogP contribution >= 0.6 is 11.3 Å². The van der Waals surface area contributed by atoms with E-state index in [1.165, 1.54) is 31.2 Å². The lowest BCUT2D eigenvalue weighted by Gasteiger charge is -2.20. The lowest BCUT2D eigenvalue weighted by Crippen LogP contribution is -2.39. The van der Waals surface area contributed by atoms with Crippen molar-refractivity contribution >= 4 is 32.7 Å². The smallest absolute Gasteiger partial charge is 0.239 e. The number of amides is 1. The van der Waals surface area contributed by atoms with Crippen LogP contribution in [0.1, 0.15) is 36.9 Å². The first kappa shape index (κ1) is 21.8. The van der Waals surface area contributed by atoms with Crippen LogP contribution < -0.4 is 10.2 Å². The number of likely N-dealkylation sites (tertiary alicyclic amines) is 1. The summed E-state index contributed by atoms with van der Waals surface area (Å²) in [5, 5.41) is 8.57. The minimum Gasteiger partial charge on any atom is -0.353 e. The van der Waals surface area contributed by atoms with Crippen LogP contribution in [-0.4, -0.2) is 65.3 Å². The minimum atomic E-state index is 0.0356. The van der Waals surface area contributed by atoms with Gasteiger partial charge in [-0.3, -0.25) is 4.79 Å².